The van der Waals surface area contributed by atoms with Crippen molar-refractivity contribution in [3.05, 3.63) is 59.7 Å². The summed E-state index contributed by atoms with van der Waals surface area (Å²) < 4.78 is 64.5. The van der Waals surface area contributed by atoms with E-state index >= 15 is 0 Å². The van der Waals surface area contributed by atoms with Crippen molar-refractivity contribution < 1.29 is 26.3 Å². The van der Waals surface area contributed by atoms with Crippen molar-refractivity contribution in [1.82, 2.24) is 9.03 Å². The van der Waals surface area contributed by atoms with Crippen LogP contribution in [-0.4, -0.2) is 54.6 Å². The number of morpholine rings is 1. The summed E-state index contributed by atoms with van der Waals surface area (Å²) in [6, 6.07) is 12.7. The molecule has 0 radical (unpaired) electrons. The fourth-order valence-electron chi connectivity index (χ4n) is 2.98. The third-order valence-electron chi connectivity index (χ3n) is 4.51. The average Bonchev–Trinajstić information content (AvgIpc) is 2.74. The van der Waals surface area contributed by atoms with Crippen molar-refractivity contribution in [3.8, 4) is 0 Å². The molecule has 0 amide bonds. The van der Waals surface area contributed by atoms with Gasteiger partial charge in [-0.2, -0.15) is 4.31 Å². The van der Waals surface area contributed by atoms with E-state index in [4.69, 9.17) is 9.47 Å². The molecule has 8 nitrogen and oxygen atoms in total. The molecular weight excluding hydrogens is 416 g/mol. The van der Waals surface area contributed by atoms with Crippen LogP contribution >= 0.6 is 0 Å². The maximum Gasteiger partial charge on any atom is 0.243 e. The predicted molar refractivity (Wildman–Crippen MR) is 107 cm³/mol. The summed E-state index contributed by atoms with van der Waals surface area (Å²) in [5.41, 5.74) is 1.75. The minimum atomic E-state index is -3.78. The first-order valence-electron chi connectivity index (χ1n) is 9.07. The first kappa shape index (κ1) is 21.9. The Bertz CT molecular complexity index is 1030. The van der Waals surface area contributed by atoms with Crippen LogP contribution in [0.3, 0.4) is 0 Å². The SMILES string of the molecule is COCc1cccc(CNS(=O)(=O)c2ccc(S(=O)(=O)N3CCOCC3)cc2)c1. The molecule has 29 heavy (non-hydrogen) atoms. The second-order valence-corrected chi connectivity index (χ2v) is 10.3. The van der Waals surface area contributed by atoms with Crippen molar-refractivity contribution >= 4 is 20.0 Å². The fraction of sp³-hybridized carbons (Fsp3) is 0.368. The molecule has 0 aliphatic carbocycles. The molecule has 1 N–H and O–H groups in total. The van der Waals surface area contributed by atoms with Gasteiger partial charge < -0.3 is 9.47 Å². The van der Waals surface area contributed by atoms with Crippen molar-refractivity contribution in [2.75, 3.05) is 33.4 Å². The molecule has 1 aliphatic heterocycles. The van der Waals surface area contributed by atoms with E-state index in [1.54, 1.807) is 7.11 Å². The highest BCUT2D eigenvalue weighted by atomic mass is 32.2. The largest absolute Gasteiger partial charge is 0.380 e. The number of benzene rings is 2. The Labute approximate surface area is 171 Å². The van der Waals surface area contributed by atoms with E-state index in [2.05, 4.69) is 4.72 Å². The van der Waals surface area contributed by atoms with Crippen LogP contribution in [0.25, 0.3) is 0 Å². The number of nitrogens with zero attached hydrogens (tertiary/aromatic N) is 1. The lowest BCUT2D eigenvalue weighted by atomic mass is 10.1. The zero-order chi connectivity index (χ0) is 20.9. The molecule has 0 spiro atoms. The molecule has 1 fully saturated rings. The Morgan fingerprint density at radius 3 is 2.24 bits per heavy atom. The van der Waals surface area contributed by atoms with E-state index in [0.717, 1.165) is 11.1 Å². The summed E-state index contributed by atoms with van der Waals surface area (Å²) in [5.74, 6) is 0. The van der Waals surface area contributed by atoms with Crippen LogP contribution in [0.5, 0.6) is 0 Å². The Kier molecular flexibility index (Phi) is 7.04. The third kappa shape index (κ3) is 5.41. The Morgan fingerprint density at radius 2 is 1.59 bits per heavy atom. The first-order valence-corrected chi connectivity index (χ1v) is 12.0. The van der Waals surface area contributed by atoms with Gasteiger partial charge in [0.2, 0.25) is 20.0 Å². The minimum absolute atomic E-state index is 0.00599. The summed E-state index contributed by atoms with van der Waals surface area (Å²) in [6.07, 6.45) is 0. The van der Waals surface area contributed by atoms with Gasteiger partial charge in [-0.3, -0.25) is 0 Å². The number of hydrogen-bond donors (Lipinski definition) is 1. The quantitative estimate of drug-likeness (QED) is 0.665. The number of nitrogens with one attached hydrogen (secondary N) is 1. The molecular formula is C19H24N2O6S2. The normalized spacial score (nSPS) is 16.0. The molecule has 1 heterocycles. The third-order valence-corrected chi connectivity index (χ3v) is 7.84. The Morgan fingerprint density at radius 1 is 0.966 bits per heavy atom. The van der Waals surface area contributed by atoms with Crippen LogP contribution < -0.4 is 4.72 Å². The molecule has 3 rings (SSSR count). The second-order valence-electron chi connectivity index (χ2n) is 6.57. The van der Waals surface area contributed by atoms with E-state index in [9.17, 15) is 16.8 Å². The van der Waals surface area contributed by atoms with Crippen molar-refractivity contribution in [3.63, 3.8) is 0 Å². The summed E-state index contributed by atoms with van der Waals surface area (Å²) in [4.78, 5) is 0.0668. The molecule has 10 heteroatoms. The highest BCUT2D eigenvalue weighted by Crippen LogP contribution is 2.19. The van der Waals surface area contributed by atoms with Gasteiger partial charge in [0.1, 0.15) is 0 Å². The van der Waals surface area contributed by atoms with E-state index in [0.29, 0.717) is 19.8 Å². The summed E-state index contributed by atoms with van der Waals surface area (Å²) >= 11 is 0. The fourth-order valence-corrected chi connectivity index (χ4v) is 5.41. The van der Waals surface area contributed by atoms with Gasteiger partial charge in [0.05, 0.1) is 29.6 Å². The highest BCUT2D eigenvalue weighted by Gasteiger charge is 2.26. The lowest BCUT2D eigenvalue weighted by molar-refractivity contribution is 0.0730. The van der Waals surface area contributed by atoms with Crippen LogP contribution in [0.15, 0.2) is 58.3 Å². The van der Waals surface area contributed by atoms with E-state index in [1.807, 2.05) is 24.3 Å². The maximum atomic E-state index is 12.6. The Balaban J connectivity index is 1.70. The molecule has 0 atom stereocenters. The lowest BCUT2D eigenvalue weighted by Gasteiger charge is -2.26. The van der Waals surface area contributed by atoms with Gasteiger partial charge in [-0.05, 0) is 35.4 Å². The molecule has 1 saturated heterocycles. The standard InChI is InChI=1S/C19H24N2O6S2/c1-26-15-17-4-2-3-16(13-17)14-20-28(22,23)18-5-7-19(8-6-18)29(24,25)21-9-11-27-12-10-21/h2-8,13,20H,9-12,14-15H2,1H3. The average molecular weight is 441 g/mol. The van der Waals surface area contributed by atoms with Crippen LogP contribution in [0.1, 0.15) is 11.1 Å². The van der Waals surface area contributed by atoms with Gasteiger partial charge >= 0.3 is 0 Å². The number of hydrogen-bond acceptors (Lipinski definition) is 6. The van der Waals surface area contributed by atoms with Crippen molar-refractivity contribution in [2.45, 2.75) is 22.9 Å². The van der Waals surface area contributed by atoms with Gasteiger partial charge in [-0.15, -0.1) is 0 Å². The Hall–Kier alpha value is -1.82. The summed E-state index contributed by atoms with van der Waals surface area (Å²) in [7, 11) is -5.85. The van der Waals surface area contributed by atoms with Crippen LogP contribution in [-0.2, 0) is 42.7 Å². The maximum absolute atomic E-state index is 12.6. The first-order chi connectivity index (χ1) is 13.8. The van der Waals surface area contributed by atoms with Gasteiger partial charge in [-0.1, -0.05) is 24.3 Å². The smallest absolute Gasteiger partial charge is 0.243 e. The summed E-state index contributed by atoms with van der Waals surface area (Å²) in [6.45, 7) is 1.83. The molecule has 0 saturated carbocycles. The molecule has 158 valence electrons. The van der Waals surface area contributed by atoms with E-state index in [-0.39, 0.29) is 29.4 Å². The minimum Gasteiger partial charge on any atom is -0.380 e. The van der Waals surface area contributed by atoms with Crippen molar-refractivity contribution in [1.29, 1.82) is 0 Å². The second kappa shape index (κ2) is 9.33. The number of rotatable bonds is 8. The van der Waals surface area contributed by atoms with E-state index < -0.39 is 20.0 Å². The number of sulfonamides is 2. The molecule has 0 aromatic heterocycles. The zero-order valence-corrected chi connectivity index (χ0v) is 17.7. The molecule has 1 aliphatic rings. The van der Waals surface area contributed by atoms with Crippen LogP contribution in [0.4, 0.5) is 0 Å². The van der Waals surface area contributed by atoms with Crippen LogP contribution in [0.2, 0.25) is 0 Å². The molecule has 2 aromatic carbocycles. The topological polar surface area (TPSA) is 102 Å². The van der Waals surface area contributed by atoms with Gasteiger partial charge in [0.25, 0.3) is 0 Å². The monoisotopic (exact) mass is 440 g/mol. The molecule has 2 aromatic rings. The van der Waals surface area contributed by atoms with Crippen LogP contribution in [0, 0.1) is 0 Å². The molecule has 0 unspecified atom stereocenters. The number of ether oxygens (including phenoxy) is 2. The van der Waals surface area contributed by atoms with Gasteiger partial charge in [0, 0.05) is 26.7 Å². The zero-order valence-electron chi connectivity index (χ0n) is 16.1. The van der Waals surface area contributed by atoms with Gasteiger partial charge in [0.15, 0.2) is 0 Å². The molecule has 0 bridgehead atoms. The highest BCUT2D eigenvalue weighted by molar-refractivity contribution is 7.89. The van der Waals surface area contributed by atoms with Gasteiger partial charge in [-0.25, -0.2) is 21.6 Å². The number of methoxy groups -OCH3 is 1. The van der Waals surface area contributed by atoms with Crippen molar-refractivity contribution in [2.24, 2.45) is 0 Å². The predicted octanol–water partition coefficient (Wildman–Crippen LogP) is 1.33. The summed E-state index contributed by atoms with van der Waals surface area (Å²) in [5, 5.41) is 0. The van der Waals surface area contributed by atoms with E-state index in [1.165, 1.54) is 28.6 Å². The lowest BCUT2D eigenvalue weighted by Crippen LogP contribution is -2.40.